The van der Waals surface area contributed by atoms with E-state index in [-0.39, 0.29) is 0 Å². The summed E-state index contributed by atoms with van der Waals surface area (Å²) in [5, 5.41) is 3.65. The molecule has 0 unspecified atom stereocenters. The number of aromatic nitrogens is 2. The van der Waals surface area contributed by atoms with Crippen molar-refractivity contribution < 1.29 is 0 Å². The molecule has 17 heavy (non-hydrogen) atoms. The summed E-state index contributed by atoms with van der Waals surface area (Å²) in [6.07, 6.45) is 10.9. The summed E-state index contributed by atoms with van der Waals surface area (Å²) in [6, 6.07) is 9.05. The number of imidazole rings is 1. The molecule has 0 spiro atoms. The Morgan fingerprint density at radius 2 is 2.00 bits per heavy atom. The fourth-order valence-corrected chi connectivity index (χ4v) is 2.51. The monoisotopic (exact) mass is 227 g/mol. The highest BCUT2D eigenvalue weighted by Gasteiger charge is 2.15. The molecule has 0 saturated heterocycles. The molecule has 3 nitrogen and oxygen atoms in total. The third-order valence-corrected chi connectivity index (χ3v) is 3.40. The van der Waals surface area contributed by atoms with Crippen LogP contribution < -0.4 is 5.32 Å². The van der Waals surface area contributed by atoms with Crippen molar-refractivity contribution in [3.8, 4) is 5.69 Å². The van der Waals surface area contributed by atoms with Crippen molar-refractivity contribution in [2.75, 3.05) is 5.32 Å². The van der Waals surface area contributed by atoms with E-state index in [2.05, 4.69) is 39.1 Å². The number of benzene rings is 1. The van der Waals surface area contributed by atoms with Crippen LogP contribution in [0.5, 0.6) is 0 Å². The molecule has 1 fully saturated rings. The molecule has 1 aliphatic carbocycles. The molecule has 1 aromatic carbocycles. The number of para-hydroxylation sites is 2. The summed E-state index contributed by atoms with van der Waals surface area (Å²) in [5.74, 6) is 0. The zero-order valence-corrected chi connectivity index (χ0v) is 9.84. The second-order valence-corrected chi connectivity index (χ2v) is 4.61. The third-order valence-electron chi connectivity index (χ3n) is 3.40. The fourth-order valence-electron chi connectivity index (χ4n) is 2.51. The van der Waals surface area contributed by atoms with Crippen LogP contribution in [-0.2, 0) is 0 Å². The van der Waals surface area contributed by atoms with Crippen molar-refractivity contribution in [2.45, 2.75) is 31.7 Å². The summed E-state index contributed by atoms with van der Waals surface area (Å²) in [7, 11) is 0. The van der Waals surface area contributed by atoms with Crippen molar-refractivity contribution in [1.82, 2.24) is 9.55 Å². The van der Waals surface area contributed by atoms with Crippen molar-refractivity contribution in [2.24, 2.45) is 0 Å². The van der Waals surface area contributed by atoms with Crippen LogP contribution in [0.15, 0.2) is 43.0 Å². The Labute approximate surface area is 101 Å². The van der Waals surface area contributed by atoms with Crippen LogP contribution in [0.1, 0.15) is 25.7 Å². The van der Waals surface area contributed by atoms with Crippen molar-refractivity contribution in [3.05, 3.63) is 43.0 Å². The third kappa shape index (κ3) is 2.18. The van der Waals surface area contributed by atoms with E-state index >= 15 is 0 Å². The van der Waals surface area contributed by atoms with Gasteiger partial charge in [0, 0.05) is 18.4 Å². The van der Waals surface area contributed by atoms with Gasteiger partial charge >= 0.3 is 0 Å². The van der Waals surface area contributed by atoms with Gasteiger partial charge in [-0.3, -0.25) is 0 Å². The van der Waals surface area contributed by atoms with Crippen molar-refractivity contribution >= 4 is 5.69 Å². The summed E-state index contributed by atoms with van der Waals surface area (Å²) < 4.78 is 2.05. The summed E-state index contributed by atoms with van der Waals surface area (Å²) in [6.45, 7) is 0. The number of hydrogen-bond acceptors (Lipinski definition) is 2. The highest BCUT2D eigenvalue weighted by Crippen LogP contribution is 2.26. The molecule has 0 radical (unpaired) electrons. The average Bonchev–Trinajstić information content (AvgIpc) is 3.01. The predicted molar refractivity (Wildman–Crippen MR) is 69.4 cm³/mol. The first-order valence-corrected chi connectivity index (χ1v) is 6.27. The second kappa shape index (κ2) is 4.62. The molecule has 3 rings (SSSR count). The van der Waals surface area contributed by atoms with Crippen LogP contribution in [0.4, 0.5) is 5.69 Å². The molecule has 0 bridgehead atoms. The molecule has 0 aliphatic heterocycles. The van der Waals surface area contributed by atoms with E-state index in [1.807, 2.05) is 18.7 Å². The van der Waals surface area contributed by atoms with Crippen LogP contribution in [0.25, 0.3) is 5.69 Å². The summed E-state index contributed by atoms with van der Waals surface area (Å²) in [5.41, 5.74) is 2.38. The first-order chi connectivity index (χ1) is 8.43. The van der Waals surface area contributed by atoms with Gasteiger partial charge in [0.2, 0.25) is 0 Å². The number of nitrogens with zero attached hydrogens (tertiary/aromatic N) is 2. The van der Waals surface area contributed by atoms with Crippen LogP contribution in [0.3, 0.4) is 0 Å². The Kier molecular flexibility index (Phi) is 2.82. The van der Waals surface area contributed by atoms with E-state index < -0.39 is 0 Å². The van der Waals surface area contributed by atoms with Gasteiger partial charge < -0.3 is 9.88 Å². The number of hydrogen-bond donors (Lipinski definition) is 1. The highest BCUT2D eigenvalue weighted by molar-refractivity contribution is 5.61. The van der Waals surface area contributed by atoms with Gasteiger partial charge in [0.1, 0.15) is 0 Å². The lowest BCUT2D eigenvalue weighted by molar-refractivity contribution is 0.754. The SMILES string of the molecule is c1ccc(-n2ccnc2)c(NC2CCCC2)c1. The van der Waals surface area contributed by atoms with Gasteiger partial charge in [-0.1, -0.05) is 25.0 Å². The molecule has 3 heteroatoms. The lowest BCUT2D eigenvalue weighted by Crippen LogP contribution is -2.15. The van der Waals surface area contributed by atoms with Gasteiger partial charge in [0.15, 0.2) is 0 Å². The molecule has 1 aromatic heterocycles. The minimum atomic E-state index is 0.639. The highest BCUT2D eigenvalue weighted by atomic mass is 15.1. The Morgan fingerprint density at radius 3 is 2.76 bits per heavy atom. The maximum atomic E-state index is 4.11. The Hall–Kier alpha value is -1.77. The van der Waals surface area contributed by atoms with Crippen LogP contribution in [0, 0.1) is 0 Å². The van der Waals surface area contributed by atoms with Gasteiger partial charge in [-0.2, -0.15) is 0 Å². The van der Waals surface area contributed by atoms with Crippen molar-refractivity contribution in [1.29, 1.82) is 0 Å². The molecule has 0 amide bonds. The fraction of sp³-hybridized carbons (Fsp3) is 0.357. The Balaban J connectivity index is 1.88. The molecule has 1 saturated carbocycles. The van der Waals surface area contributed by atoms with Crippen LogP contribution in [0.2, 0.25) is 0 Å². The maximum Gasteiger partial charge on any atom is 0.0992 e. The maximum absolute atomic E-state index is 4.11. The Morgan fingerprint density at radius 1 is 1.18 bits per heavy atom. The largest absolute Gasteiger partial charge is 0.381 e. The summed E-state index contributed by atoms with van der Waals surface area (Å²) in [4.78, 5) is 4.11. The quantitative estimate of drug-likeness (QED) is 0.872. The zero-order valence-electron chi connectivity index (χ0n) is 9.84. The Bertz CT molecular complexity index is 470. The zero-order chi connectivity index (χ0) is 11.5. The number of rotatable bonds is 3. The lowest BCUT2D eigenvalue weighted by Gasteiger charge is -2.17. The van der Waals surface area contributed by atoms with Crippen LogP contribution >= 0.6 is 0 Å². The smallest absolute Gasteiger partial charge is 0.0992 e. The molecule has 1 N–H and O–H groups in total. The molecule has 1 heterocycles. The van der Waals surface area contributed by atoms with Gasteiger partial charge in [-0.05, 0) is 25.0 Å². The number of nitrogens with one attached hydrogen (secondary N) is 1. The summed E-state index contributed by atoms with van der Waals surface area (Å²) >= 11 is 0. The molecule has 2 aromatic rings. The molecule has 0 atom stereocenters. The standard InChI is InChI=1S/C14H17N3/c1-2-6-12(5-1)16-13-7-3-4-8-14(13)17-10-9-15-11-17/h3-4,7-12,16H,1-2,5-6H2. The van der Waals surface area contributed by atoms with Gasteiger partial charge in [0.25, 0.3) is 0 Å². The molecular formula is C14H17N3. The second-order valence-electron chi connectivity index (χ2n) is 4.61. The minimum Gasteiger partial charge on any atom is -0.381 e. The van der Waals surface area contributed by atoms with Crippen molar-refractivity contribution in [3.63, 3.8) is 0 Å². The topological polar surface area (TPSA) is 29.9 Å². The molecular weight excluding hydrogens is 210 g/mol. The minimum absolute atomic E-state index is 0.639. The van der Waals surface area contributed by atoms with Crippen LogP contribution in [-0.4, -0.2) is 15.6 Å². The average molecular weight is 227 g/mol. The molecule has 88 valence electrons. The predicted octanol–water partition coefficient (Wildman–Crippen LogP) is 3.23. The van der Waals surface area contributed by atoms with E-state index in [1.54, 1.807) is 0 Å². The first-order valence-electron chi connectivity index (χ1n) is 6.27. The van der Waals surface area contributed by atoms with Gasteiger partial charge in [-0.15, -0.1) is 0 Å². The van der Waals surface area contributed by atoms with Gasteiger partial charge in [-0.25, -0.2) is 4.98 Å². The normalized spacial score (nSPS) is 16.2. The lowest BCUT2D eigenvalue weighted by atomic mass is 10.2. The van der Waals surface area contributed by atoms with E-state index in [1.165, 1.54) is 37.1 Å². The first kappa shape index (κ1) is 10.4. The molecule has 1 aliphatic rings. The van der Waals surface area contributed by atoms with Gasteiger partial charge in [0.05, 0.1) is 17.7 Å². The van der Waals surface area contributed by atoms with E-state index in [0.717, 1.165) is 0 Å². The van der Waals surface area contributed by atoms with E-state index in [9.17, 15) is 0 Å². The number of anilines is 1. The van der Waals surface area contributed by atoms with E-state index in [4.69, 9.17) is 0 Å². The van der Waals surface area contributed by atoms with E-state index in [0.29, 0.717) is 6.04 Å².